The number of hydrogen-bond acceptors (Lipinski definition) is 9. The van der Waals surface area contributed by atoms with Crippen molar-refractivity contribution in [2.75, 3.05) is 32.2 Å². The van der Waals surface area contributed by atoms with Gasteiger partial charge in [0.1, 0.15) is 25.9 Å². The Hall–Kier alpha value is -3.06. The number of anilines is 1. The zero-order valence-electron chi connectivity index (χ0n) is 20.4. The van der Waals surface area contributed by atoms with Crippen molar-refractivity contribution in [3.8, 4) is 11.5 Å². The first-order valence-electron chi connectivity index (χ1n) is 11.7. The van der Waals surface area contributed by atoms with Gasteiger partial charge in [-0.3, -0.25) is 14.7 Å². The van der Waals surface area contributed by atoms with E-state index in [2.05, 4.69) is 4.98 Å². The van der Waals surface area contributed by atoms with Gasteiger partial charge in [0.2, 0.25) is 5.91 Å². The van der Waals surface area contributed by atoms with Gasteiger partial charge in [-0.05, 0) is 48.6 Å². The number of benzene rings is 1. The molecule has 0 radical (unpaired) electrons. The summed E-state index contributed by atoms with van der Waals surface area (Å²) in [6.45, 7) is 0.716. The van der Waals surface area contributed by atoms with Crippen molar-refractivity contribution >= 4 is 54.0 Å². The molecule has 1 fully saturated rings. The van der Waals surface area contributed by atoms with E-state index < -0.39 is 15.9 Å². The van der Waals surface area contributed by atoms with Crippen LogP contribution in [0.15, 0.2) is 58.3 Å². The average molecular weight is 559 g/mol. The molecule has 0 N–H and O–H groups in total. The second kappa shape index (κ2) is 10.7. The quantitative estimate of drug-likeness (QED) is 0.316. The molecular weight excluding hydrogens is 532 g/mol. The Bertz CT molecular complexity index is 1450. The summed E-state index contributed by atoms with van der Waals surface area (Å²) in [7, 11) is -0.494. The van der Waals surface area contributed by atoms with E-state index in [4.69, 9.17) is 14.5 Å². The second-order valence-electron chi connectivity index (χ2n) is 8.52. The molecule has 1 atom stereocenters. The number of aromatic nitrogens is 2. The number of fused-ring (bicyclic) bond motifs is 1. The highest BCUT2D eigenvalue weighted by Gasteiger charge is 2.37. The van der Waals surface area contributed by atoms with E-state index in [1.807, 2.05) is 24.3 Å². The molecule has 1 aromatic carbocycles. The third kappa shape index (κ3) is 5.06. The molecule has 5 rings (SSSR count). The minimum atomic E-state index is -3.65. The molecule has 3 aromatic heterocycles. The normalized spacial score (nSPS) is 16.5. The van der Waals surface area contributed by atoms with Crippen molar-refractivity contribution in [1.82, 2.24) is 14.3 Å². The monoisotopic (exact) mass is 558 g/mol. The number of pyridine rings is 1. The van der Waals surface area contributed by atoms with E-state index in [1.54, 1.807) is 48.9 Å². The Labute approximate surface area is 223 Å². The molecule has 4 aromatic rings. The average Bonchev–Trinajstić information content (AvgIpc) is 3.63. The van der Waals surface area contributed by atoms with Crippen LogP contribution in [0.25, 0.3) is 10.2 Å². The van der Waals surface area contributed by atoms with Crippen LogP contribution in [-0.2, 0) is 21.4 Å². The Morgan fingerprint density at radius 3 is 2.65 bits per heavy atom. The number of carbonyl (C=O) groups excluding carboxylic acids is 1. The van der Waals surface area contributed by atoms with Crippen molar-refractivity contribution in [1.29, 1.82) is 0 Å². The molecule has 1 amide bonds. The molecule has 12 heteroatoms. The SMILES string of the molecule is COc1ccc(OC)c2sc(N(Cc3ccccn3)C(=O)C3CCCN(S(=O)(=O)c4cccs4)C3)nc12. The fourth-order valence-electron chi connectivity index (χ4n) is 4.40. The van der Waals surface area contributed by atoms with Gasteiger partial charge in [-0.15, -0.1) is 11.3 Å². The molecule has 194 valence electrons. The molecule has 9 nitrogen and oxygen atoms in total. The number of methoxy groups -OCH3 is 2. The molecule has 1 aliphatic heterocycles. The summed E-state index contributed by atoms with van der Waals surface area (Å²) in [6, 6.07) is 12.4. The van der Waals surface area contributed by atoms with Crippen molar-refractivity contribution in [3.63, 3.8) is 0 Å². The van der Waals surface area contributed by atoms with Crippen molar-refractivity contribution < 1.29 is 22.7 Å². The zero-order chi connectivity index (χ0) is 26.0. The van der Waals surface area contributed by atoms with Gasteiger partial charge in [0.05, 0.1) is 32.4 Å². The Morgan fingerprint density at radius 1 is 1.14 bits per heavy atom. The Morgan fingerprint density at radius 2 is 1.95 bits per heavy atom. The van der Waals surface area contributed by atoms with Gasteiger partial charge in [-0.2, -0.15) is 4.31 Å². The predicted octanol–water partition coefficient (Wildman–Crippen LogP) is 4.40. The molecule has 0 bridgehead atoms. The van der Waals surface area contributed by atoms with E-state index in [1.165, 1.54) is 27.0 Å². The van der Waals surface area contributed by atoms with Gasteiger partial charge in [0.15, 0.2) is 5.13 Å². The number of nitrogens with zero attached hydrogens (tertiary/aromatic N) is 4. The van der Waals surface area contributed by atoms with Crippen LogP contribution in [0, 0.1) is 5.92 Å². The molecule has 1 saturated heterocycles. The van der Waals surface area contributed by atoms with Crippen LogP contribution in [0.1, 0.15) is 18.5 Å². The van der Waals surface area contributed by atoms with Crippen molar-refractivity contribution in [2.24, 2.45) is 5.92 Å². The van der Waals surface area contributed by atoms with Crippen molar-refractivity contribution in [2.45, 2.75) is 23.6 Å². The Kier molecular flexibility index (Phi) is 7.43. The minimum Gasteiger partial charge on any atom is -0.495 e. The van der Waals surface area contributed by atoms with Crippen LogP contribution in [-0.4, -0.2) is 55.9 Å². The molecule has 0 spiro atoms. The van der Waals surface area contributed by atoms with Gasteiger partial charge in [0, 0.05) is 19.3 Å². The van der Waals surface area contributed by atoms with Gasteiger partial charge in [-0.25, -0.2) is 13.4 Å². The lowest BCUT2D eigenvalue weighted by molar-refractivity contribution is -0.123. The summed E-state index contributed by atoms with van der Waals surface area (Å²) >= 11 is 2.52. The number of hydrogen-bond donors (Lipinski definition) is 0. The smallest absolute Gasteiger partial charge is 0.252 e. The maximum absolute atomic E-state index is 14.0. The summed E-state index contributed by atoms with van der Waals surface area (Å²) in [4.78, 5) is 24.8. The number of thiazole rings is 1. The first-order valence-corrected chi connectivity index (χ1v) is 14.8. The Balaban J connectivity index is 1.51. The molecule has 1 unspecified atom stereocenters. The molecule has 0 saturated carbocycles. The van der Waals surface area contributed by atoms with E-state index in [-0.39, 0.29) is 23.2 Å². The first-order chi connectivity index (χ1) is 17.9. The molecule has 4 heterocycles. The topological polar surface area (TPSA) is 102 Å². The third-order valence-electron chi connectivity index (χ3n) is 6.26. The van der Waals surface area contributed by atoms with Gasteiger partial charge in [-0.1, -0.05) is 23.5 Å². The maximum Gasteiger partial charge on any atom is 0.252 e. The highest BCUT2D eigenvalue weighted by atomic mass is 32.2. The summed E-state index contributed by atoms with van der Waals surface area (Å²) < 4.78 is 39.8. The van der Waals surface area contributed by atoms with E-state index in [9.17, 15) is 13.2 Å². The molecule has 0 aliphatic carbocycles. The van der Waals surface area contributed by atoms with E-state index in [0.717, 1.165) is 4.70 Å². The highest BCUT2D eigenvalue weighted by Crippen LogP contribution is 2.41. The summed E-state index contributed by atoms with van der Waals surface area (Å²) in [5.41, 5.74) is 1.30. The van der Waals surface area contributed by atoms with Crippen molar-refractivity contribution in [3.05, 3.63) is 59.7 Å². The van der Waals surface area contributed by atoms with Crippen LogP contribution in [0.4, 0.5) is 5.13 Å². The number of rotatable bonds is 8. The summed E-state index contributed by atoms with van der Waals surface area (Å²) in [5, 5.41) is 2.22. The van der Waals surface area contributed by atoms with Crippen LogP contribution in [0.2, 0.25) is 0 Å². The molecule has 37 heavy (non-hydrogen) atoms. The van der Waals surface area contributed by atoms with Crippen LogP contribution < -0.4 is 14.4 Å². The molecule has 1 aliphatic rings. The maximum atomic E-state index is 14.0. The zero-order valence-corrected chi connectivity index (χ0v) is 22.8. The standard InChI is InChI=1S/C25H26N4O5S3/c1-33-19-10-11-20(34-2)23-22(19)27-25(36-23)29(16-18-8-3-4-12-26-18)24(30)17-7-5-13-28(15-17)37(31,32)21-9-6-14-35-21/h3-4,6,8-12,14,17H,5,7,13,15-16H2,1-2H3. The second-order valence-corrected chi connectivity index (χ2v) is 12.6. The van der Waals surface area contributed by atoms with Gasteiger partial charge >= 0.3 is 0 Å². The number of carbonyl (C=O) groups is 1. The largest absolute Gasteiger partial charge is 0.495 e. The highest BCUT2D eigenvalue weighted by molar-refractivity contribution is 7.91. The number of ether oxygens (including phenoxy) is 2. The van der Waals surface area contributed by atoms with Crippen LogP contribution in [0.5, 0.6) is 11.5 Å². The summed E-state index contributed by atoms with van der Waals surface area (Å²) in [5.74, 6) is 0.516. The van der Waals surface area contributed by atoms with Crippen LogP contribution in [0.3, 0.4) is 0 Å². The first kappa shape index (κ1) is 25.6. The lowest BCUT2D eigenvalue weighted by atomic mass is 9.98. The van der Waals surface area contributed by atoms with Gasteiger partial charge in [0.25, 0.3) is 10.0 Å². The fourth-order valence-corrected chi connectivity index (χ4v) is 8.15. The number of piperidine rings is 1. The molecular formula is C25H26N4O5S3. The summed E-state index contributed by atoms with van der Waals surface area (Å²) in [6.07, 6.45) is 2.86. The van der Waals surface area contributed by atoms with Crippen LogP contribution >= 0.6 is 22.7 Å². The lowest BCUT2D eigenvalue weighted by Crippen LogP contribution is -2.46. The third-order valence-corrected chi connectivity index (χ3v) is 10.6. The number of thiophene rings is 1. The number of sulfonamides is 1. The minimum absolute atomic E-state index is 0.120. The van der Waals surface area contributed by atoms with Gasteiger partial charge < -0.3 is 9.47 Å². The van der Waals surface area contributed by atoms with E-state index in [0.29, 0.717) is 47.2 Å². The number of amides is 1. The van der Waals surface area contributed by atoms with E-state index >= 15 is 0 Å². The predicted molar refractivity (Wildman–Crippen MR) is 144 cm³/mol. The fraction of sp³-hybridized carbons (Fsp3) is 0.320. The lowest BCUT2D eigenvalue weighted by Gasteiger charge is -2.33.